The van der Waals surface area contributed by atoms with Crippen LogP contribution >= 0.6 is 0 Å². The zero-order valence-electron chi connectivity index (χ0n) is 13.7. The Bertz CT molecular complexity index is 654. The van der Waals surface area contributed by atoms with E-state index < -0.39 is 0 Å². The Morgan fingerprint density at radius 3 is 2.25 bits per heavy atom. The van der Waals surface area contributed by atoms with Gasteiger partial charge in [0.25, 0.3) is 5.91 Å². The van der Waals surface area contributed by atoms with Crippen LogP contribution in [0, 0.1) is 0 Å². The molecule has 0 heterocycles. The number of hydrogen-bond acceptors (Lipinski definition) is 3. The zero-order valence-corrected chi connectivity index (χ0v) is 13.7. The molecular formula is C19H22N2O3. The van der Waals surface area contributed by atoms with Crippen LogP contribution in [0.15, 0.2) is 54.6 Å². The molecule has 0 aliphatic carbocycles. The van der Waals surface area contributed by atoms with Gasteiger partial charge < -0.3 is 15.4 Å². The lowest BCUT2D eigenvalue weighted by molar-refractivity contribution is -0.120. The molecule has 2 amide bonds. The van der Waals surface area contributed by atoms with Crippen molar-refractivity contribution >= 4 is 11.8 Å². The van der Waals surface area contributed by atoms with E-state index in [4.69, 9.17) is 4.74 Å². The minimum atomic E-state index is -0.142. The summed E-state index contributed by atoms with van der Waals surface area (Å²) < 4.78 is 5.36. The van der Waals surface area contributed by atoms with Crippen LogP contribution in [0.4, 0.5) is 0 Å². The maximum atomic E-state index is 11.9. The van der Waals surface area contributed by atoms with E-state index in [0.717, 1.165) is 11.3 Å². The summed E-state index contributed by atoms with van der Waals surface area (Å²) >= 11 is 0. The lowest BCUT2D eigenvalue weighted by atomic mass is 10.1. The van der Waals surface area contributed by atoms with E-state index in [1.807, 2.05) is 49.4 Å². The third kappa shape index (κ3) is 5.76. The van der Waals surface area contributed by atoms with E-state index in [2.05, 4.69) is 10.6 Å². The van der Waals surface area contributed by atoms with E-state index in [1.165, 1.54) is 0 Å². The quantitative estimate of drug-likeness (QED) is 0.731. The topological polar surface area (TPSA) is 67.4 Å². The van der Waals surface area contributed by atoms with Gasteiger partial charge in [0, 0.05) is 18.7 Å². The molecule has 0 bridgehead atoms. The third-order valence-electron chi connectivity index (χ3n) is 3.37. The SMILES string of the molecule is CCOc1ccc(CC(=O)NCCNC(=O)c2ccccc2)cc1. The summed E-state index contributed by atoms with van der Waals surface area (Å²) in [7, 11) is 0. The Balaban J connectivity index is 1.67. The van der Waals surface area contributed by atoms with E-state index in [9.17, 15) is 9.59 Å². The van der Waals surface area contributed by atoms with Crippen molar-refractivity contribution in [2.24, 2.45) is 0 Å². The molecule has 24 heavy (non-hydrogen) atoms. The number of carbonyl (C=O) groups excluding carboxylic acids is 2. The Morgan fingerprint density at radius 1 is 0.917 bits per heavy atom. The second-order valence-electron chi connectivity index (χ2n) is 5.23. The van der Waals surface area contributed by atoms with Crippen LogP contribution in [0.1, 0.15) is 22.8 Å². The van der Waals surface area contributed by atoms with Crippen LogP contribution in [0.25, 0.3) is 0 Å². The van der Waals surface area contributed by atoms with Gasteiger partial charge in [0.1, 0.15) is 5.75 Å². The highest BCUT2D eigenvalue weighted by atomic mass is 16.5. The highest BCUT2D eigenvalue weighted by molar-refractivity contribution is 5.94. The van der Waals surface area contributed by atoms with Gasteiger partial charge in [0.05, 0.1) is 13.0 Å². The summed E-state index contributed by atoms with van der Waals surface area (Å²) in [5, 5.41) is 5.56. The van der Waals surface area contributed by atoms with Crippen LogP contribution in [-0.2, 0) is 11.2 Å². The molecule has 2 aromatic rings. The summed E-state index contributed by atoms with van der Waals surface area (Å²) in [5.74, 6) is 0.578. The molecule has 2 N–H and O–H groups in total. The first-order chi connectivity index (χ1) is 11.7. The summed E-state index contributed by atoms with van der Waals surface area (Å²) in [6, 6.07) is 16.4. The van der Waals surface area contributed by atoms with E-state index in [1.54, 1.807) is 12.1 Å². The minimum absolute atomic E-state index is 0.0758. The number of hydrogen-bond donors (Lipinski definition) is 2. The largest absolute Gasteiger partial charge is 0.494 e. The maximum absolute atomic E-state index is 11.9. The van der Waals surface area contributed by atoms with Gasteiger partial charge in [0.2, 0.25) is 5.91 Å². The van der Waals surface area contributed by atoms with Gasteiger partial charge in [-0.2, -0.15) is 0 Å². The summed E-state index contributed by atoms with van der Waals surface area (Å²) in [5.41, 5.74) is 1.53. The molecule has 0 saturated heterocycles. The molecule has 0 fully saturated rings. The maximum Gasteiger partial charge on any atom is 0.251 e. The fourth-order valence-electron chi connectivity index (χ4n) is 2.19. The fraction of sp³-hybridized carbons (Fsp3) is 0.263. The molecule has 0 atom stereocenters. The van der Waals surface area contributed by atoms with Crippen molar-refractivity contribution in [1.29, 1.82) is 0 Å². The van der Waals surface area contributed by atoms with Crippen LogP contribution in [0.5, 0.6) is 5.75 Å². The van der Waals surface area contributed by atoms with Crippen molar-refractivity contribution in [3.8, 4) is 5.75 Å². The number of rotatable bonds is 8. The molecule has 0 aliphatic rings. The number of amides is 2. The van der Waals surface area contributed by atoms with Crippen LogP contribution in [0.3, 0.4) is 0 Å². The molecule has 0 saturated carbocycles. The van der Waals surface area contributed by atoms with Crippen molar-refractivity contribution in [2.75, 3.05) is 19.7 Å². The van der Waals surface area contributed by atoms with Crippen molar-refractivity contribution in [2.45, 2.75) is 13.3 Å². The highest BCUT2D eigenvalue weighted by Gasteiger charge is 2.05. The van der Waals surface area contributed by atoms with Gasteiger partial charge in [-0.3, -0.25) is 9.59 Å². The average Bonchev–Trinajstić information content (AvgIpc) is 2.61. The molecule has 5 heteroatoms. The van der Waals surface area contributed by atoms with E-state index in [0.29, 0.717) is 31.7 Å². The zero-order chi connectivity index (χ0) is 17.2. The predicted molar refractivity (Wildman–Crippen MR) is 93.1 cm³/mol. The number of benzene rings is 2. The predicted octanol–water partition coefficient (Wildman–Crippen LogP) is 2.17. The third-order valence-corrected chi connectivity index (χ3v) is 3.37. The first kappa shape index (κ1) is 17.5. The second kappa shape index (κ2) is 9.35. The van der Waals surface area contributed by atoms with E-state index in [-0.39, 0.29) is 11.8 Å². The first-order valence-electron chi connectivity index (χ1n) is 8.00. The molecule has 0 unspecified atom stereocenters. The molecule has 5 nitrogen and oxygen atoms in total. The van der Waals surface area contributed by atoms with Crippen molar-refractivity contribution in [1.82, 2.24) is 10.6 Å². The second-order valence-corrected chi connectivity index (χ2v) is 5.23. The fourth-order valence-corrected chi connectivity index (χ4v) is 2.19. The molecular weight excluding hydrogens is 304 g/mol. The molecule has 126 valence electrons. The molecule has 0 aliphatic heterocycles. The van der Waals surface area contributed by atoms with Crippen molar-refractivity contribution < 1.29 is 14.3 Å². The van der Waals surface area contributed by atoms with Gasteiger partial charge in [-0.1, -0.05) is 30.3 Å². The van der Waals surface area contributed by atoms with Gasteiger partial charge in [0.15, 0.2) is 0 Å². The lowest BCUT2D eigenvalue weighted by Gasteiger charge is -2.08. The van der Waals surface area contributed by atoms with Gasteiger partial charge in [-0.05, 0) is 36.8 Å². The van der Waals surface area contributed by atoms with E-state index >= 15 is 0 Å². The monoisotopic (exact) mass is 326 g/mol. The van der Waals surface area contributed by atoms with Gasteiger partial charge in [-0.25, -0.2) is 0 Å². The smallest absolute Gasteiger partial charge is 0.251 e. The number of carbonyl (C=O) groups is 2. The normalized spacial score (nSPS) is 10.0. The lowest BCUT2D eigenvalue weighted by Crippen LogP contribution is -2.35. The van der Waals surface area contributed by atoms with Crippen molar-refractivity contribution in [3.05, 3.63) is 65.7 Å². The number of nitrogens with one attached hydrogen (secondary N) is 2. The van der Waals surface area contributed by atoms with Crippen LogP contribution in [-0.4, -0.2) is 31.5 Å². The number of ether oxygens (including phenoxy) is 1. The Hall–Kier alpha value is -2.82. The summed E-state index contributed by atoms with van der Waals surface area (Å²) in [6.07, 6.45) is 0.305. The standard InChI is InChI=1S/C19H22N2O3/c1-2-24-17-10-8-15(9-11-17)14-18(22)20-12-13-21-19(23)16-6-4-3-5-7-16/h3-11H,2,12-14H2,1H3,(H,20,22)(H,21,23). The Morgan fingerprint density at radius 2 is 1.58 bits per heavy atom. The molecule has 2 aromatic carbocycles. The summed E-state index contributed by atoms with van der Waals surface area (Å²) in [6.45, 7) is 3.34. The summed E-state index contributed by atoms with van der Waals surface area (Å²) in [4.78, 5) is 23.7. The van der Waals surface area contributed by atoms with Crippen LogP contribution < -0.4 is 15.4 Å². The molecule has 0 radical (unpaired) electrons. The average molecular weight is 326 g/mol. The van der Waals surface area contributed by atoms with Gasteiger partial charge in [-0.15, -0.1) is 0 Å². The van der Waals surface area contributed by atoms with Crippen LogP contribution in [0.2, 0.25) is 0 Å². The first-order valence-corrected chi connectivity index (χ1v) is 8.00. The molecule has 0 spiro atoms. The highest BCUT2D eigenvalue weighted by Crippen LogP contribution is 2.12. The van der Waals surface area contributed by atoms with Gasteiger partial charge >= 0.3 is 0 Å². The molecule has 0 aromatic heterocycles. The Labute approximate surface area is 142 Å². The minimum Gasteiger partial charge on any atom is -0.494 e. The molecule has 2 rings (SSSR count). The van der Waals surface area contributed by atoms with Crippen molar-refractivity contribution in [3.63, 3.8) is 0 Å². The Kier molecular flexibility index (Phi) is 6.83.